The number of ether oxygens (including phenoxy) is 1. The van der Waals surface area contributed by atoms with E-state index in [1.54, 1.807) is 12.1 Å². The minimum atomic E-state index is -0.442. The van der Waals surface area contributed by atoms with E-state index in [4.69, 9.17) is 4.74 Å². The third-order valence-electron chi connectivity index (χ3n) is 2.10. The van der Waals surface area contributed by atoms with Gasteiger partial charge in [0.2, 0.25) is 0 Å². The molecule has 0 bridgehead atoms. The Kier molecular flexibility index (Phi) is 3.44. The maximum Gasteiger partial charge on any atom is 0.273 e. The second-order valence-corrected chi connectivity index (χ2v) is 3.06. The maximum atomic E-state index is 10.6. The Hall–Kier alpha value is -1.84. The van der Waals surface area contributed by atoms with E-state index >= 15 is 0 Å². The van der Waals surface area contributed by atoms with E-state index in [1.165, 1.54) is 19.2 Å². The third kappa shape index (κ3) is 2.56. The van der Waals surface area contributed by atoms with Crippen molar-refractivity contribution in [2.75, 3.05) is 7.11 Å². The Morgan fingerprint density at radius 3 is 2.67 bits per heavy atom. The van der Waals surface area contributed by atoms with Crippen molar-refractivity contribution in [1.82, 2.24) is 0 Å². The van der Waals surface area contributed by atoms with Crippen molar-refractivity contribution in [3.8, 4) is 5.75 Å². The Balaban J connectivity index is 3.22. The van der Waals surface area contributed by atoms with Crippen molar-refractivity contribution in [2.45, 2.75) is 6.92 Å². The number of methoxy groups -OCH3 is 1. The molecule has 0 aliphatic carbocycles. The summed E-state index contributed by atoms with van der Waals surface area (Å²) in [6, 6.07) is 4.63. The number of benzene rings is 1. The number of rotatable bonds is 4. The van der Waals surface area contributed by atoms with Gasteiger partial charge >= 0.3 is 0 Å². The Bertz CT molecular complexity index is 387. The summed E-state index contributed by atoms with van der Waals surface area (Å²) in [5.41, 5.74) is 0.765. The first-order chi connectivity index (χ1) is 7.08. The summed E-state index contributed by atoms with van der Waals surface area (Å²) in [6.45, 7) is 5.46. The Morgan fingerprint density at radius 1 is 1.53 bits per heavy atom. The van der Waals surface area contributed by atoms with Crippen LogP contribution in [0.25, 0.3) is 0 Å². The number of nitro benzene ring substituents is 1. The molecule has 4 heteroatoms. The molecule has 0 aliphatic rings. The van der Waals surface area contributed by atoms with Crippen LogP contribution in [-0.2, 0) is 0 Å². The Morgan fingerprint density at radius 2 is 2.20 bits per heavy atom. The van der Waals surface area contributed by atoms with Gasteiger partial charge in [-0.3, -0.25) is 10.1 Å². The van der Waals surface area contributed by atoms with E-state index in [0.717, 1.165) is 11.5 Å². The van der Waals surface area contributed by atoms with Gasteiger partial charge in [0.05, 0.1) is 18.1 Å². The molecule has 0 aromatic heterocycles. The average Bonchev–Trinajstić information content (AvgIpc) is 2.27. The standard InChI is InChI=1S/C11H12NO3/c1-4-8(2)9-5-10(12(13)14)7-11(6-9)15-3/h4-7H,1H2,2-3H3. The van der Waals surface area contributed by atoms with Crippen LogP contribution in [0, 0.1) is 16.0 Å². The van der Waals surface area contributed by atoms with Crippen molar-refractivity contribution >= 4 is 5.69 Å². The van der Waals surface area contributed by atoms with Gasteiger partial charge in [0.15, 0.2) is 0 Å². The highest BCUT2D eigenvalue weighted by molar-refractivity contribution is 5.49. The SMILES string of the molecule is C=C[C](C)c1cc(OC)cc([N+](=O)[O-])c1. The summed E-state index contributed by atoms with van der Waals surface area (Å²) in [5.74, 6) is 1.34. The summed E-state index contributed by atoms with van der Waals surface area (Å²) in [6.07, 6.45) is 1.65. The molecular weight excluding hydrogens is 194 g/mol. The van der Waals surface area contributed by atoms with Crippen LogP contribution >= 0.6 is 0 Å². The average molecular weight is 206 g/mol. The lowest BCUT2D eigenvalue weighted by Crippen LogP contribution is -1.96. The van der Waals surface area contributed by atoms with Gasteiger partial charge in [0.1, 0.15) is 5.75 Å². The molecule has 0 fully saturated rings. The smallest absolute Gasteiger partial charge is 0.273 e. The molecular formula is C11H12NO3. The molecule has 0 saturated carbocycles. The first-order valence-electron chi connectivity index (χ1n) is 4.38. The highest BCUT2D eigenvalue weighted by Gasteiger charge is 2.12. The first kappa shape index (κ1) is 11.2. The highest BCUT2D eigenvalue weighted by Crippen LogP contribution is 2.27. The number of allylic oxidation sites excluding steroid dienone is 1. The van der Waals surface area contributed by atoms with Gasteiger partial charge in [-0.15, -0.1) is 6.58 Å². The van der Waals surface area contributed by atoms with Gasteiger partial charge in [-0.2, -0.15) is 0 Å². The molecule has 0 saturated heterocycles. The van der Waals surface area contributed by atoms with Crippen molar-refractivity contribution < 1.29 is 9.66 Å². The second kappa shape index (κ2) is 4.59. The van der Waals surface area contributed by atoms with Gasteiger partial charge in [-0.05, 0) is 11.6 Å². The largest absolute Gasteiger partial charge is 0.496 e. The van der Waals surface area contributed by atoms with E-state index in [0.29, 0.717) is 5.75 Å². The summed E-state index contributed by atoms with van der Waals surface area (Å²) in [4.78, 5) is 10.2. The highest BCUT2D eigenvalue weighted by atomic mass is 16.6. The lowest BCUT2D eigenvalue weighted by Gasteiger charge is -2.07. The van der Waals surface area contributed by atoms with E-state index in [2.05, 4.69) is 6.58 Å². The quantitative estimate of drug-likeness (QED) is 0.562. The van der Waals surface area contributed by atoms with Gasteiger partial charge in [0, 0.05) is 12.0 Å². The molecule has 0 amide bonds. The molecule has 0 spiro atoms. The maximum absolute atomic E-state index is 10.6. The molecule has 0 N–H and O–H groups in total. The fraction of sp³-hybridized carbons (Fsp3) is 0.182. The summed E-state index contributed by atoms with van der Waals surface area (Å²) in [5, 5.41) is 10.6. The summed E-state index contributed by atoms with van der Waals surface area (Å²) in [7, 11) is 1.48. The summed E-state index contributed by atoms with van der Waals surface area (Å²) < 4.78 is 4.99. The predicted molar refractivity (Wildman–Crippen MR) is 57.9 cm³/mol. The van der Waals surface area contributed by atoms with Crippen LogP contribution in [0.15, 0.2) is 30.9 Å². The van der Waals surface area contributed by atoms with E-state index < -0.39 is 4.92 Å². The topological polar surface area (TPSA) is 52.4 Å². The van der Waals surface area contributed by atoms with Gasteiger partial charge < -0.3 is 4.74 Å². The van der Waals surface area contributed by atoms with Crippen molar-refractivity contribution in [3.05, 3.63) is 52.4 Å². The fourth-order valence-electron chi connectivity index (χ4n) is 1.15. The molecule has 0 aliphatic heterocycles. The van der Waals surface area contributed by atoms with Crippen LogP contribution in [0.2, 0.25) is 0 Å². The lowest BCUT2D eigenvalue weighted by atomic mass is 10.0. The zero-order valence-electron chi connectivity index (χ0n) is 8.69. The molecule has 0 unspecified atom stereocenters. The number of hydrogen-bond acceptors (Lipinski definition) is 3. The zero-order chi connectivity index (χ0) is 11.4. The van der Waals surface area contributed by atoms with Crippen LogP contribution in [0.5, 0.6) is 5.75 Å². The van der Waals surface area contributed by atoms with Crippen LogP contribution in [0.4, 0.5) is 5.69 Å². The van der Waals surface area contributed by atoms with Crippen molar-refractivity contribution in [1.29, 1.82) is 0 Å². The third-order valence-corrected chi connectivity index (χ3v) is 2.10. The van der Waals surface area contributed by atoms with Crippen LogP contribution in [-0.4, -0.2) is 12.0 Å². The minimum Gasteiger partial charge on any atom is -0.496 e. The van der Waals surface area contributed by atoms with Crippen LogP contribution in [0.3, 0.4) is 0 Å². The zero-order valence-corrected chi connectivity index (χ0v) is 8.69. The van der Waals surface area contributed by atoms with Crippen LogP contribution < -0.4 is 4.74 Å². The van der Waals surface area contributed by atoms with Crippen LogP contribution in [0.1, 0.15) is 12.5 Å². The van der Waals surface area contributed by atoms with E-state index in [1.807, 2.05) is 6.92 Å². The molecule has 15 heavy (non-hydrogen) atoms. The lowest BCUT2D eigenvalue weighted by molar-refractivity contribution is -0.385. The molecule has 1 radical (unpaired) electrons. The number of non-ortho nitro benzene ring substituents is 1. The first-order valence-corrected chi connectivity index (χ1v) is 4.38. The number of hydrogen-bond donors (Lipinski definition) is 0. The van der Waals surface area contributed by atoms with Gasteiger partial charge in [-0.1, -0.05) is 13.0 Å². The summed E-state index contributed by atoms with van der Waals surface area (Å²) >= 11 is 0. The van der Waals surface area contributed by atoms with Crippen molar-refractivity contribution in [2.24, 2.45) is 0 Å². The molecule has 4 nitrogen and oxygen atoms in total. The normalized spacial score (nSPS) is 10.1. The fourth-order valence-corrected chi connectivity index (χ4v) is 1.15. The second-order valence-electron chi connectivity index (χ2n) is 3.06. The molecule has 1 aromatic rings. The molecule has 0 atom stereocenters. The van der Waals surface area contributed by atoms with Crippen molar-refractivity contribution in [3.63, 3.8) is 0 Å². The molecule has 79 valence electrons. The van der Waals surface area contributed by atoms with E-state index in [-0.39, 0.29) is 5.69 Å². The molecule has 1 rings (SSSR count). The van der Waals surface area contributed by atoms with Gasteiger partial charge in [0.25, 0.3) is 5.69 Å². The van der Waals surface area contributed by atoms with E-state index in [9.17, 15) is 10.1 Å². The number of nitrogens with zero attached hydrogens (tertiary/aromatic N) is 1. The molecule has 1 aromatic carbocycles. The minimum absolute atomic E-state index is 0.0190. The van der Waals surface area contributed by atoms with Gasteiger partial charge in [-0.25, -0.2) is 0 Å². The number of nitro groups is 1. The monoisotopic (exact) mass is 206 g/mol. The predicted octanol–water partition coefficient (Wildman–Crippen LogP) is 2.73. The Labute approximate surface area is 88.3 Å². The molecule has 0 heterocycles.